The molecule has 1 aromatic rings. The van der Waals surface area contributed by atoms with Crippen LogP contribution in [0, 0.1) is 6.92 Å². The second-order valence-corrected chi connectivity index (χ2v) is 3.38. The van der Waals surface area contributed by atoms with Gasteiger partial charge >= 0.3 is 0 Å². The molecule has 1 rings (SSSR count). The van der Waals surface area contributed by atoms with Crippen molar-refractivity contribution in [1.82, 2.24) is 0 Å². The van der Waals surface area contributed by atoms with Gasteiger partial charge in [0.15, 0.2) is 5.78 Å². The third-order valence-corrected chi connectivity index (χ3v) is 2.53. The number of Topliss-reactive ketones (excluding diaryl/α,β-unsaturated/α-hetero) is 1. The molecule has 14 heavy (non-hydrogen) atoms. The van der Waals surface area contributed by atoms with Crippen molar-refractivity contribution in [3.8, 4) is 0 Å². The Bertz CT molecular complexity index is 375. The van der Waals surface area contributed by atoms with Crippen LogP contribution >= 0.6 is 11.6 Å². The summed E-state index contributed by atoms with van der Waals surface area (Å²) in [6.07, 6.45) is -2.61. The quantitative estimate of drug-likeness (QED) is 0.691. The Balaban J connectivity index is 3.33. The first kappa shape index (κ1) is 11.1. The summed E-state index contributed by atoms with van der Waals surface area (Å²) >= 11 is 5.71. The van der Waals surface area contributed by atoms with Gasteiger partial charge in [0, 0.05) is 11.1 Å². The first-order valence-electron chi connectivity index (χ1n) is 4.03. The normalized spacial score (nSPS) is 10.7. The van der Waals surface area contributed by atoms with Crippen molar-refractivity contribution in [2.24, 2.45) is 0 Å². The molecule has 4 heteroatoms. The number of hydrogen-bond acceptors (Lipinski definition) is 1. The zero-order chi connectivity index (χ0) is 10.9. The molecule has 0 heterocycles. The molecule has 76 valence electrons. The predicted molar refractivity (Wildman–Crippen MR) is 51.2 cm³/mol. The van der Waals surface area contributed by atoms with Crippen LogP contribution in [0.3, 0.4) is 0 Å². The molecule has 0 aromatic heterocycles. The van der Waals surface area contributed by atoms with Crippen molar-refractivity contribution in [2.45, 2.75) is 20.3 Å². The summed E-state index contributed by atoms with van der Waals surface area (Å²) in [6, 6.07) is 2.57. The molecular weight excluding hydrogens is 210 g/mol. The number of ketones is 1. The van der Waals surface area contributed by atoms with Crippen molar-refractivity contribution in [3.05, 3.63) is 33.8 Å². The van der Waals surface area contributed by atoms with Crippen LogP contribution in [0.25, 0.3) is 0 Å². The zero-order valence-electron chi connectivity index (χ0n) is 7.77. The monoisotopic (exact) mass is 218 g/mol. The van der Waals surface area contributed by atoms with Gasteiger partial charge < -0.3 is 0 Å². The van der Waals surface area contributed by atoms with E-state index >= 15 is 0 Å². The Kier molecular flexibility index (Phi) is 3.21. The third-order valence-electron chi connectivity index (χ3n) is 2.03. The van der Waals surface area contributed by atoms with Crippen LogP contribution in [0.2, 0.25) is 5.02 Å². The van der Waals surface area contributed by atoms with E-state index in [0.717, 1.165) is 0 Å². The molecule has 1 nitrogen and oxygen atoms in total. The van der Waals surface area contributed by atoms with Gasteiger partial charge in [-0.3, -0.25) is 4.79 Å². The summed E-state index contributed by atoms with van der Waals surface area (Å²) in [7, 11) is 0. The molecule has 0 amide bonds. The minimum Gasteiger partial charge on any atom is -0.295 e. The largest absolute Gasteiger partial charge is 0.295 e. The first-order valence-corrected chi connectivity index (χ1v) is 4.41. The van der Waals surface area contributed by atoms with Crippen LogP contribution in [0.5, 0.6) is 0 Å². The lowest BCUT2D eigenvalue weighted by Crippen LogP contribution is -1.99. The summed E-state index contributed by atoms with van der Waals surface area (Å²) in [4.78, 5) is 11.1. The fraction of sp³-hybridized carbons (Fsp3) is 0.300. The van der Waals surface area contributed by atoms with Gasteiger partial charge in [-0.25, -0.2) is 8.78 Å². The van der Waals surface area contributed by atoms with Crippen LogP contribution in [0.15, 0.2) is 12.1 Å². The maximum Gasteiger partial charge on any atom is 0.265 e. The van der Waals surface area contributed by atoms with Gasteiger partial charge in [0.1, 0.15) is 0 Å². The highest BCUT2D eigenvalue weighted by Gasteiger charge is 2.16. The second kappa shape index (κ2) is 4.05. The van der Waals surface area contributed by atoms with E-state index in [1.807, 2.05) is 0 Å². The summed E-state index contributed by atoms with van der Waals surface area (Å²) < 4.78 is 24.7. The molecule has 0 bridgehead atoms. The number of hydrogen-bond donors (Lipinski definition) is 0. The van der Waals surface area contributed by atoms with E-state index in [2.05, 4.69) is 0 Å². The Morgan fingerprint density at radius 1 is 1.43 bits per heavy atom. The molecule has 0 aliphatic carbocycles. The fourth-order valence-electron chi connectivity index (χ4n) is 1.26. The zero-order valence-corrected chi connectivity index (χ0v) is 8.53. The minimum absolute atomic E-state index is 0.0206. The standard InChI is InChI=1S/C10H9ClF2O/c1-5-7(6(2)14)3-4-8(9(5)11)10(12)13/h3-4,10H,1-2H3. The number of benzene rings is 1. The van der Waals surface area contributed by atoms with Gasteiger partial charge in [-0.15, -0.1) is 0 Å². The highest BCUT2D eigenvalue weighted by Crippen LogP contribution is 2.31. The van der Waals surface area contributed by atoms with Gasteiger partial charge in [-0.1, -0.05) is 23.7 Å². The van der Waals surface area contributed by atoms with Gasteiger partial charge in [0.2, 0.25) is 0 Å². The molecule has 0 spiro atoms. The average Bonchev–Trinajstić information content (AvgIpc) is 2.08. The lowest BCUT2D eigenvalue weighted by atomic mass is 10.0. The third kappa shape index (κ3) is 1.93. The molecule has 0 N–H and O–H groups in total. The van der Waals surface area contributed by atoms with E-state index < -0.39 is 6.43 Å². The van der Waals surface area contributed by atoms with Gasteiger partial charge in [0.05, 0.1) is 5.02 Å². The fourth-order valence-corrected chi connectivity index (χ4v) is 1.50. The van der Waals surface area contributed by atoms with Crippen LogP contribution in [-0.4, -0.2) is 5.78 Å². The number of carbonyl (C=O) groups is 1. The number of alkyl halides is 2. The van der Waals surface area contributed by atoms with Crippen LogP contribution in [0.4, 0.5) is 8.78 Å². The lowest BCUT2D eigenvalue weighted by Gasteiger charge is -2.08. The Morgan fingerprint density at radius 2 is 2.00 bits per heavy atom. The van der Waals surface area contributed by atoms with Crippen LogP contribution < -0.4 is 0 Å². The maximum atomic E-state index is 12.4. The van der Waals surface area contributed by atoms with E-state index in [1.165, 1.54) is 19.1 Å². The molecule has 1 aromatic carbocycles. The Labute approximate surface area is 85.7 Å². The van der Waals surface area contributed by atoms with Crippen molar-refractivity contribution < 1.29 is 13.6 Å². The van der Waals surface area contributed by atoms with Crippen molar-refractivity contribution in [2.75, 3.05) is 0 Å². The highest BCUT2D eigenvalue weighted by molar-refractivity contribution is 6.32. The first-order chi connectivity index (χ1) is 6.45. The molecule has 0 fully saturated rings. The Morgan fingerprint density at radius 3 is 2.43 bits per heavy atom. The number of rotatable bonds is 2. The molecule has 0 saturated carbocycles. The van der Waals surface area contributed by atoms with E-state index in [9.17, 15) is 13.6 Å². The summed E-state index contributed by atoms with van der Waals surface area (Å²) in [6.45, 7) is 2.94. The molecule has 0 aliphatic rings. The summed E-state index contributed by atoms with van der Waals surface area (Å²) in [5.74, 6) is -0.176. The van der Waals surface area contributed by atoms with Crippen LogP contribution in [-0.2, 0) is 0 Å². The van der Waals surface area contributed by atoms with Gasteiger partial charge in [-0.2, -0.15) is 0 Å². The van der Waals surface area contributed by atoms with Crippen LogP contribution in [0.1, 0.15) is 34.8 Å². The van der Waals surface area contributed by atoms with Gasteiger partial charge in [-0.05, 0) is 19.4 Å². The molecule has 0 saturated heterocycles. The number of carbonyl (C=O) groups excluding carboxylic acids is 1. The highest BCUT2D eigenvalue weighted by atomic mass is 35.5. The van der Waals surface area contributed by atoms with E-state index in [0.29, 0.717) is 11.1 Å². The average molecular weight is 219 g/mol. The Hall–Kier alpha value is -0.960. The minimum atomic E-state index is -2.61. The maximum absolute atomic E-state index is 12.4. The van der Waals surface area contributed by atoms with Crippen molar-refractivity contribution >= 4 is 17.4 Å². The molecule has 0 aliphatic heterocycles. The van der Waals surface area contributed by atoms with E-state index in [1.54, 1.807) is 6.92 Å². The molecule has 0 unspecified atom stereocenters. The van der Waals surface area contributed by atoms with E-state index in [4.69, 9.17) is 11.6 Å². The smallest absolute Gasteiger partial charge is 0.265 e. The SMILES string of the molecule is CC(=O)c1ccc(C(F)F)c(Cl)c1C. The summed E-state index contributed by atoms with van der Waals surface area (Å²) in [5, 5.41) is -0.0206. The van der Waals surface area contributed by atoms with Gasteiger partial charge in [0.25, 0.3) is 6.43 Å². The molecule has 0 atom stereocenters. The van der Waals surface area contributed by atoms with E-state index in [-0.39, 0.29) is 16.4 Å². The lowest BCUT2D eigenvalue weighted by molar-refractivity contribution is 0.101. The second-order valence-electron chi connectivity index (χ2n) is 3.00. The topological polar surface area (TPSA) is 17.1 Å². The number of halogens is 3. The molecular formula is C10H9ClF2O. The van der Waals surface area contributed by atoms with Crippen molar-refractivity contribution in [3.63, 3.8) is 0 Å². The molecule has 0 radical (unpaired) electrons. The predicted octanol–water partition coefficient (Wildman–Crippen LogP) is 3.79. The summed E-state index contributed by atoms with van der Waals surface area (Å²) in [5.41, 5.74) is 0.575. The van der Waals surface area contributed by atoms with Crippen molar-refractivity contribution in [1.29, 1.82) is 0 Å².